The van der Waals surface area contributed by atoms with Crippen LogP contribution in [-0.4, -0.2) is 51.5 Å². The Hall–Kier alpha value is -5.17. The highest BCUT2D eigenvalue weighted by molar-refractivity contribution is 6.38. The summed E-state index contributed by atoms with van der Waals surface area (Å²) < 4.78 is 0. The van der Waals surface area contributed by atoms with E-state index in [9.17, 15) is 4.79 Å². The summed E-state index contributed by atoms with van der Waals surface area (Å²) in [6.07, 6.45) is 30.5. The third-order valence-electron chi connectivity index (χ3n) is 16.2. The van der Waals surface area contributed by atoms with Crippen molar-refractivity contribution in [1.82, 2.24) is 10.4 Å². The van der Waals surface area contributed by atoms with Crippen molar-refractivity contribution in [1.29, 1.82) is 0 Å². The number of nitrogens with one attached hydrogen (secondary N) is 2. The molecule has 0 atom stereocenters. The Labute approximate surface area is 449 Å². The summed E-state index contributed by atoms with van der Waals surface area (Å²) in [6.45, 7) is 30.2. The van der Waals surface area contributed by atoms with E-state index in [4.69, 9.17) is 6.58 Å². The topological polar surface area (TPSA) is 56.8 Å². The highest BCUT2D eigenvalue weighted by atomic mass is 16.6. The zero-order valence-corrected chi connectivity index (χ0v) is 47.8. The minimum Gasteiger partial charge on any atom is -0.380 e. The number of nitrogens with zero attached hydrogens (tertiary/aromatic N) is 2. The fourth-order valence-electron chi connectivity index (χ4n) is 12.2. The third-order valence-corrected chi connectivity index (χ3v) is 16.2. The number of hydroxylamine groups is 1. The van der Waals surface area contributed by atoms with E-state index < -0.39 is 0 Å². The number of unbranched alkanes of at least 4 members (excludes halogenated alkanes) is 12. The van der Waals surface area contributed by atoms with Crippen molar-refractivity contribution < 1.29 is 9.63 Å². The molecule has 0 saturated carbocycles. The lowest BCUT2D eigenvalue weighted by Crippen LogP contribution is -2.31. The molecule has 6 heteroatoms. The number of rotatable bonds is 31. The molecule has 0 amide bonds. The molecule has 1 aliphatic rings. The summed E-state index contributed by atoms with van der Waals surface area (Å²) in [7, 11) is 5.62. The van der Waals surface area contributed by atoms with Gasteiger partial charge in [0.1, 0.15) is 0 Å². The third kappa shape index (κ3) is 14.4. The lowest BCUT2D eigenvalue weighted by Gasteiger charge is -2.35. The van der Waals surface area contributed by atoms with Gasteiger partial charge in [0.15, 0.2) is 6.29 Å². The lowest BCUT2D eigenvalue weighted by atomic mass is 9.78. The van der Waals surface area contributed by atoms with Crippen molar-refractivity contribution in [3.63, 3.8) is 0 Å². The largest absolute Gasteiger partial charge is 0.380 e. The molecule has 1 aliphatic heterocycles. The Bertz CT molecular complexity index is 2620. The van der Waals surface area contributed by atoms with Crippen molar-refractivity contribution in [2.45, 2.75) is 194 Å². The molecule has 0 radical (unpaired) electrons. The fraction of sp³-hybridized carbons (Fsp3) is 0.515. The van der Waals surface area contributed by atoms with Crippen LogP contribution in [0.2, 0.25) is 0 Å². The van der Waals surface area contributed by atoms with Gasteiger partial charge in [-0.15, -0.1) is 13.2 Å². The molecule has 402 valence electrons. The maximum Gasteiger partial charge on any atom is 0.150 e. The molecule has 6 aromatic rings. The molecule has 6 aromatic carbocycles. The van der Waals surface area contributed by atoms with Crippen LogP contribution < -0.4 is 15.7 Å². The first-order valence-corrected chi connectivity index (χ1v) is 29.2. The van der Waals surface area contributed by atoms with Gasteiger partial charge in [0, 0.05) is 78.9 Å². The zero-order valence-electron chi connectivity index (χ0n) is 47.8. The average Bonchev–Trinajstić information content (AvgIpc) is 3.99. The van der Waals surface area contributed by atoms with Gasteiger partial charge in [0.2, 0.25) is 0 Å². The van der Waals surface area contributed by atoms with Gasteiger partial charge in [-0.25, -0.2) is 5.48 Å². The van der Waals surface area contributed by atoms with Crippen LogP contribution in [0.4, 0.5) is 11.4 Å². The molecular weight excluding hydrogens is 905 g/mol. The predicted octanol–water partition coefficient (Wildman–Crippen LogP) is 19.5. The van der Waals surface area contributed by atoms with Gasteiger partial charge >= 0.3 is 0 Å². The number of fused-ring (bicyclic) bond motifs is 2. The Morgan fingerprint density at radius 1 is 0.703 bits per heavy atom. The summed E-state index contributed by atoms with van der Waals surface area (Å²) in [4.78, 5) is 22.9. The van der Waals surface area contributed by atoms with E-state index in [1.807, 2.05) is 0 Å². The molecule has 0 unspecified atom stereocenters. The second-order valence-corrected chi connectivity index (χ2v) is 21.1. The minimum atomic E-state index is 0.404. The number of aryl methyl sites for hydroxylation is 1. The zero-order chi connectivity index (χ0) is 53.4. The normalized spacial score (nSPS) is 12.5. The van der Waals surface area contributed by atoms with Crippen molar-refractivity contribution in [3.8, 4) is 0 Å². The van der Waals surface area contributed by atoms with Gasteiger partial charge in [-0.3, -0.25) is 4.79 Å². The summed E-state index contributed by atoms with van der Waals surface area (Å²) in [6, 6.07) is 23.1. The molecule has 2 N–H and O–H groups in total. The van der Waals surface area contributed by atoms with Crippen LogP contribution in [-0.2, 0) is 11.4 Å². The summed E-state index contributed by atoms with van der Waals surface area (Å²) in [5, 5.41) is 14.2. The quantitative estimate of drug-likeness (QED) is 0.0113. The standard InChI is InChI=1S/C64H87N3O.C2H7NO.C2H4/c1-9-14-18-25-33-49(34-26-19-15-10-2)53-39-40-55-58-46(6)64(65-44-48-31-23-22-24-32-48)59(47(7)66(8)51(35-27-20-16-11-3)36-28-21-17-12-4)62-52(13-5)57(67-41-29-30-42-67)43-56(63(58)62)54-38-37-50(45-68)60(53)61(54)55;1-3-4-2;1-2/h13,22-24,31-32,37-40,43,45,49,51,65H,5,7,9-12,14-21,25-30,33-36,41-42,44H2,1-4,6,8H3;3H,1-2H3;1-2H2. The molecule has 7 rings (SSSR count). The van der Waals surface area contributed by atoms with Crippen molar-refractivity contribution in [2.24, 2.45) is 0 Å². The molecule has 0 aliphatic carbocycles. The van der Waals surface area contributed by atoms with Crippen molar-refractivity contribution in [2.75, 3.05) is 44.5 Å². The number of carbonyl (C=O) groups excluding carboxylic acids is 1. The molecule has 1 heterocycles. The molecular formula is C68H98N4O2. The van der Waals surface area contributed by atoms with Gasteiger partial charge in [0.05, 0.1) is 7.11 Å². The Balaban J connectivity index is 0.00000161. The first kappa shape index (κ1) is 59.7. The van der Waals surface area contributed by atoms with E-state index in [-0.39, 0.29) is 0 Å². The molecule has 1 saturated heterocycles. The number of hydrogen-bond acceptors (Lipinski definition) is 6. The summed E-state index contributed by atoms with van der Waals surface area (Å²) in [5.74, 6) is 0.416. The second-order valence-electron chi connectivity index (χ2n) is 21.1. The number of carbonyl (C=O) groups is 1. The highest BCUT2D eigenvalue weighted by Gasteiger charge is 2.31. The van der Waals surface area contributed by atoms with Crippen LogP contribution in [0.1, 0.15) is 213 Å². The molecule has 1 fully saturated rings. The molecule has 0 aromatic heterocycles. The van der Waals surface area contributed by atoms with Crippen LogP contribution >= 0.6 is 0 Å². The molecule has 6 nitrogen and oxygen atoms in total. The Kier molecular flexibility index (Phi) is 25.5. The average molecular weight is 1000 g/mol. The van der Waals surface area contributed by atoms with Gasteiger partial charge < -0.3 is 20.0 Å². The van der Waals surface area contributed by atoms with Crippen LogP contribution in [0.15, 0.2) is 87.0 Å². The van der Waals surface area contributed by atoms with E-state index in [1.54, 1.807) is 14.2 Å². The smallest absolute Gasteiger partial charge is 0.150 e. The van der Waals surface area contributed by atoms with Crippen LogP contribution in [0.25, 0.3) is 54.9 Å². The number of anilines is 2. The fourth-order valence-corrected chi connectivity index (χ4v) is 12.2. The number of hydrogen-bond donors (Lipinski definition) is 2. The van der Waals surface area contributed by atoms with Gasteiger partial charge in [0.25, 0.3) is 0 Å². The van der Waals surface area contributed by atoms with Gasteiger partial charge in [-0.1, -0.05) is 204 Å². The van der Waals surface area contributed by atoms with Gasteiger partial charge in [-0.05, 0) is 112 Å². The van der Waals surface area contributed by atoms with E-state index >= 15 is 0 Å². The maximum atomic E-state index is 13.4. The predicted molar refractivity (Wildman–Crippen MR) is 329 cm³/mol. The van der Waals surface area contributed by atoms with E-state index in [0.29, 0.717) is 18.5 Å². The Morgan fingerprint density at radius 2 is 1.26 bits per heavy atom. The monoisotopic (exact) mass is 1000 g/mol. The van der Waals surface area contributed by atoms with E-state index in [2.05, 4.69) is 154 Å². The maximum absolute atomic E-state index is 13.4. The van der Waals surface area contributed by atoms with E-state index in [1.165, 1.54) is 218 Å². The molecule has 0 spiro atoms. The van der Waals surface area contributed by atoms with Crippen LogP contribution in [0.3, 0.4) is 0 Å². The van der Waals surface area contributed by atoms with Crippen LogP contribution in [0, 0.1) is 6.92 Å². The second kappa shape index (κ2) is 31.7. The number of aldehydes is 1. The summed E-state index contributed by atoms with van der Waals surface area (Å²) >= 11 is 0. The lowest BCUT2D eigenvalue weighted by molar-refractivity contribution is 0.112. The summed E-state index contributed by atoms with van der Waals surface area (Å²) in [5.41, 5.74) is 13.1. The molecule has 74 heavy (non-hydrogen) atoms. The number of benzene rings is 6. The van der Waals surface area contributed by atoms with E-state index in [0.717, 1.165) is 36.3 Å². The highest BCUT2D eigenvalue weighted by Crippen LogP contribution is 2.52. The first-order valence-electron chi connectivity index (χ1n) is 29.2. The Morgan fingerprint density at radius 3 is 1.78 bits per heavy atom. The van der Waals surface area contributed by atoms with Crippen molar-refractivity contribution >= 4 is 72.5 Å². The SMILES string of the molecule is C=C.C=Cc1c(N2CCCC2)cc2c3ccc(C=O)c4c(C(CCCCCC)CCCCCC)ccc(c5c(C)c(NCc6ccccc6)c(C(=C)N(C)C(CCCCCC)CCCCCC)c1c25)c43.CNOC. The first-order chi connectivity index (χ1) is 36.2. The van der Waals surface area contributed by atoms with Gasteiger partial charge in [-0.2, -0.15) is 0 Å². The van der Waals surface area contributed by atoms with Crippen molar-refractivity contribution in [3.05, 3.63) is 120 Å². The minimum absolute atomic E-state index is 0.404. The van der Waals surface area contributed by atoms with Crippen LogP contribution in [0.5, 0.6) is 0 Å². The molecule has 0 bridgehead atoms.